The molecule has 0 spiro atoms. The predicted molar refractivity (Wildman–Crippen MR) is 72.9 cm³/mol. The quantitative estimate of drug-likeness (QED) is 0.833. The molecule has 1 saturated heterocycles. The van der Waals surface area contributed by atoms with Crippen molar-refractivity contribution in [2.75, 3.05) is 13.1 Å². The van der Waals surface area contributed by atoms with E-state index >= 15 is 0 Å². The molecule has 4 nitrogen and oxygen atoms in total. The number of benzene rings is 1. The summed E-state index contributed by atoms with van der Waals surface area (Å²) in [6.45, 7) is 5.26. The Balaban J connectivity index is 2.34. The molecule has 0 radical (unpaired) electrons. The van der Waals surface area contributed by atoms with Crippen LogP contribution in [0.5, 0.6) is 0 Å². The van der Waals surface area contributed by atoms with Gasteiger partial charge in [0.1, 0.15) is 0 Å². The summed E-state index contributed by atoms with van der Waals surface area (Å²) in [6.07, 6.45) is 1.06. The zero-order chi connectivity index (χ0) is 14.0. The second-order valence-electron chi connectivity index (χ2n) is 5.41. The molecule has 19 heavy (non-hydrogen) atoms. The summed E-state index contributed by atoms with van der Waals surface area (Å²) in [5.74, 6) is 0.746. The Labute approximate surface area is 114 Å². The van der Waals surface area contributed by atoms with E-state index in [0.717, 1.165) is 6.42 Å². The zero-order valence-corrected chi connectivity index (χ0v) is 12.0. The standard InChI is InChI=1S/C14H18N2O2S/c1-11-6-12(2)10-16(9-11)19(17,18)14-5-3-4-13(7-14)8-15/h3-5,7,11-12H,6,9-10H2,1-2H3/t11-,12+. The van der Waals surface area contributed by atoms with Gasteiger partial charge in [-0.05, 0) is 36.5 Å². The van der Waals surface area contributed by atoms with E-state index in [1.807, 2.05) is 6.07 Å². The summed E-state index contributed by atoms with van der Waals surface area (Å²) in [5, 5.41) is 8.86. The van der Waals surface area contributed by atoms with Crippen LogP contribution in [0.15, 0.2) is 29.2 Å². The van der Waals surface area contributed by atoms with E-state index in [1.54, 1.807) is 22.5 Å². The SMILES string of the molecule is C[C@@H]1C[C@H](C)CN(S(=O)(=O)c2cccc(C#N)c2)C1. The number of nitrogens with zero attached hydrogens (tertiary/aromatic N) is 2. The molecule has 1 aliphatic rings. The Kier molecular flexibility index (Phi) is 3.93. The van der Waals surface area contributed by atoms with E-state index in [9.17, 15) is 8.42 Å². The highest BCUT2D eigenvalue weighted by Crippen LogP contribution is 2.26. The van der Waals surface area contributed by atoms with Gasteiger partial charge in [0.2, 0.25) is 10.0 Å². The van der Waals surface area contributed by atoms with Crippen LogP contribution in [-0.2, 0) is 10.0 Å². The molecular weight excluding hydrogens is 260 g/mol. The minimum Gasteiger partial charge on any atom is -0.207 e. The van der Waals surface area contributed by atoms with E-state index in [4.69, 9.17) is 5.26 Å². The third-order valence-corrected chi connectivity index (χ3v) is 5.26. The Bertz CT molecular complexity index is 594. The maximum Gasteiger partial charge on any atom is 0.243 e. The van der Waals surface area contributed by atoms with Crippen molar-refractivity contribution in [2.24, 2.45) is 11.8 Å². The lowest BCUT2D eigenvalue weighted by atomic mass is 9.94. The van der Waals surface area contributed by atoms with E-state index < -0.39 is 10.0 Å². The van der Waals surface area contributed by atoms with Gasteiger partial charge in [0.15, 0.2) is 0 Å². The van der Waals surface area contributed by atoms with E-state index in [-0.39, 0.29) is 4.90 Å². The molecule has 1 aromatic carbocycles. The third kappa shape index (κ3) is 2.96. The Morgan fingerprint density at radius 3 is 2.47 bits per heavy atom. The molecule has 0 aliphatic carbocycles. The van der Waals surface area contributed by atoms with Crippen LogP contribution >= 0.6 is 0 Å². The average molecular weight is 278 g/mol. The van der Waals surface area contributed by atoms with Gasteiger partial charge in [0.05, 0.1) is 16.5 Å². The number of sulfonamides is 1. The lowest BCUT2D eigenvalue weighted by Gasteiger charge is -2.34. The summed E-state index contributed by atoms with van der Waals surface area (Å²) in [5.41, 5.74) is 0.374. The minimum atomic E-state index is -3.48. The van der Waals surface area contributed by atoms with E-state index in [1.165, 1.54) is 6.07 Å². The van der Waals surface area contributed by atoms with Gasteiger partial charge in [-0.15, -0.1) is 0 Å². The molecular formula is C14H18N2O2S. The maximum atomic E-state index is 12.6. The van der Waals surface area contributed by atoms with Crippen molar-refractivity contribution in [1.29, 1.82) is 5.26 Å². The van der Waals surface area contributed by atoms with Gasteiger partial charge in [-0.25, -0.2) is 8.42 Å². The highest BCUT2D eigenvalue weighted by molar-refractivity contribution is 7.89. The smallest absolute Gasteiger partial charge is 0.207 e. The lowest BCUT2D eigenvalue weighted by Crippen LogP contribution is -2.42. The monoisotopic (exact) mass is 278 g/mol. The van der Waals surface area contributed by atoms with Crippen molar-refractivity contribution in [3.8, 4) is 6.07 Å². The zero-order valence-electron chi connectivity index (χ0n) is 11.2. The van der Waals surface area contributed by atoms with Crippen LogP contribution in [0.2, 0.25) is 0 Å². The molecule has 0 unspecified atom stereocenters. The summed E-state index contributed by atoms with van der Waals surface area (Å²) in [4.78, 5) is 0.216. The van der Waals surface area contributed by atoms with Crippen LogP contribution < -0.4 is 0 Å². The number of hydrogen-bond donors (Lipinski definition) is 0. The Hall–Kier alpha value is -1.38. The second kappa shape index (κ2) is 5.32. The number of nitriles is 1. The van der Waals surface area contributed by atoms with Crippen molar-refractivity contribution in [1.82, 2.24) is 4.31 Å². The third-order valence-electron chi connectivity index (χ3n) is 3.44. The van der Waals surface area contributed by atoms with Gasteiger partial charge >= 0.3 is 0 Å². The minimum absolute atomic E-state index is 0.216. The fourth-order valence-corrected chi connectivity index (χ4v) is 4.40. The summed E-state index contributed by atoms with van der Waals surface area (Å²) in [7, 11) is -3.48. The van der Waals surface area contributed by atoms with Crippen LogP contribution in [0.25, 0.3) is 0 Å². The first-order valence-corrected chi connectivity index (χ1v) is 7.88. The van der Waals surface area contributed by atoms with Gasteiger partial charge in [0, 0.05) is 13.1 Å². The van der Waals surface area contributed by atoms with Gasteiger partial charge in [0.25, 0.3) is 0 Å². The van der Waals surface area contributed by atoms with E-state index in [0.29, 0.717) is 30.5 Å². The molecule has 1 aromatic rings. The number of rotatable bonds is 2. The number of hydrogen-bond acceptors (Lipinski definition) is 3. The van der Waals surface area contributed by atoms with Crippen molar-refractivity contribution < 1.29 is 8.42 Å². The molecule has 1 aliphatic heterocycles. The first kappa shape index (κ1) is 14.0. The summed E-state index contributed by atoms with van der Waals surface area (Å²) in [6, 6.07) is 8.20. The molecule has 0 N–H and O–H groups in total. The normalized spacial score (nSPS) is 24.9. The highest BCUT2D eigenvalue weighted by Gasteiger charge is 2.31. The summed E-state index contributed by atoms with van der Waals surface area (Å²) >= 11 is 0. The topological polar surface area (TPSA) is 61.2 Å². The second-order valence-corrected chi connectivity index (χ2v) is 7.35. The van der Waals surface area contributed by atoms with Crippen molar-refractivity contribution >= 4 is 10.0 Å². The molecule has 102 valence electrons. The van der Waals surface area contributed by atoms with Crippen LogP contribution in [0, 0.1) is 23.2 Å². The largest absolute Gasteiger partial charge is 0.243 e. The molecule has 2 atom stereocenters. The van der Waals surface area contributed by atoms with E-state index in [2.05, 4.69) is 13.8 Å². The molecule has 0 amide bonds. The van der Waals surface area contributed by atoms with Crippen LogP contribution in [0.3, 0.4) is 0 Å². The summed E-state index contributed by atoms with van der Waals surface area (Å²) < 4.78 is 26.7. The molecule has 0 bridgehead atoms. The first-order chi connectivity index (χ1) is 8.93. The molecule has 2 rings (SSSR count). The van der Waals surface area contributed by atoms with Gasteiger partial charge in [-0.3, -0.25) is 0 Å². The average Bonchev–Trinajstić information content (AvgIpc) is 2.37. The predicted octanol–water partition coefficient (Wildman–Crippen LogP) is 2.22. The van der Waals surface area contributed by atoms with Crippen LogP contribution in [0.4, 0.5) is 0 Å². The van der Waals surface area contributed by atoms with Gasteiger partial charge in [-0.1, -0.05) is 19.9 Å². The van der Waals surface area contributed by atoms with Gasteiger partial charge in [-0.2, -0.15) is 9.57 Å². The molecule has 1 fully saturated rings. The fourth-order valence-electron chi connectivity index (χ4n) is 2.68. The first-order valence-electron chi connectivity index (χ1n) is 6.44. The molecule has 0 saturated carbocycles. The number of piperidine rings is 1. The molecule has 0 aromatic heterocycles. The van der Waals surface area contributed by atoms with Crippen LogP contribution in [-0.4, -0.2) is 25.8 Å². The Morgan fingerprint density at radius 1 is 1.26 bits per heavy atom. The van der Waals surface area contributed by atoms with Gasteiger partial charge < -0.3 is 0 Å². The van der Waals surface area contributed by atoms with Crippen molar-refractivity contribution in [3.05, 3.63) is 29.8 Å². The molecule has 5 heteroatoms. The fraction of sp³-hybridized carbons (Fsp3) is 0.500. The van der Waals surface area contributed by atoms with Crippen LogP contribution in [0.1, 0.15) is 25.8 Å². The molecule has 1 heterocycles. The maximum absolute atomic E-state index is 12.6. The Morgan fingerprint density at radius 2 is 1.89 bits per heavy atom. The van der Waals surface area contributed by atoms with Crippen molar-refractivity contribution in [2.45, 2.75) is 25.2 Å². The lowest BCUT2D eigenvalue weighted by molar-refractivity contribution is 0.222. The highest BCUT2D eigenvalue weighted by atomic mass is 32.2. The van der Waals surface area contributed by atoms with Crippen molar-refractivity contribution in [3.63, 3.8) is 0 Å².